The van der Waals surface area contributed by atoms with Crippen molar-refractivity contribution in [1.82, 2.24) is 9.46 Å². The highest BCUT2D eigenvalue weighted by molar-refractivity contribution is 6.61. The first-order valence-corrected chi connectivity index (χ1v) is 13.3. The van der Waals surface area contributed by atoms with Crippen LogP contribution >= 0.6 is 0 Å². The highest BCUT2D eigenvalue weighted by Crippen LogP contribution is 2.48. The fourth-order valence-electron chi connectivity index (χ4n) is 6.85. The summed E-state index contributed by atoms with van der Waals surface area (Å²) >= 11 is 0. The molecule has 0 amide bonds. The van der Waals surface area contributed by atoms with Gasteiger partial charge in [0.1, 0.15) is 5.75 Å². The third kappa shape index (κ3) is 4.11. The van der Waals surface area contributed by atoms with E-state index >= 15 is 0 Å². The second-order valence-corrected chi connectivity index (χ2v) is 10.4. The summed E-state index contributed by atoms with van der Waals surface area (Å²) in [4.78, 5) is 17.5. The summed E-state index contributed by atoms with van der Waals surface area (Å²) in [6.07, 6.45) is 9.64. The molecule has 1 unspecified atom stereocenters. The summed E-state index contributed by atoms with van der Waals surface area (Å²) < 4.78 is 7.80. The molecule has 182 valence electrons. The number of nitrogens with one attached hydrogen (secondary N) is 1. The Hall–Kier alpha value is -3.47. The van der Waals surface area contributed by atoms with Gasteiger partial charge in [0.05, 0.1) is 18.7 Å². The van der Waals surface area contributed by atoms with E-state index < -0.39 is 0 Å². The van der Waals surface area contributed by atoms with Gasteiger partial charge in [0.2, 0.25) is 5.78 Å². The molecule has 2 aromatic heterocycles. The maximum atomic E-state index is 14.0. The van der Waals surface area contributed by atoms with Crippen LogP contribution in [0.2, 0.25) is 11.6 Å². The van der Waals surface area contributed by atoms with E-state index in [1.807, 2.05) is 30.5 Å². The van der Waals surface area contributed by atoms with E-state index in [1.165, 1.54) is 49.8 Å². The van der Waals surface area contributed by atoms with Gasteiger partial charge in [-0.15, -0.1) is 0 Å². The van der Waals surface area contributed by atoms with Crippen molar-refractivity contribution in [2.75, 3.05) is 7.11 Å². The van der Waals surface area contributed by atoms with Crippen LogP contribution in [0.15, 0.2) is 85.1 Å². The third-order valence-electron chi connectivity index (χ3n) is 8.46. The Morgan fingerprint density at radius 1 is 0.889 bits per heavy atom. The summed E-state index contributed by atoms with van der Waals surface area (Å²) in [5.41, 5.74) is 5.13. The second kappa shape index (κ2) is 9.89. The van der Waals surface area contributed by atoms with Crippen molar-refractivity contribution >= 4 is 12.6 Å². The monoisotopic (exact) mass is 476 g/mol. The number of rotatable bonds is 7. The van der Waals surface area contributed by atoms with Gasteiger partial charge in [0, 0.05) is 23.1 Å². The molecule has 1 atom stereocenters. The molecule has 2 bridgehead atoms. The number of H-pyrrole nitrogens is 1. The van der Waals surface area contributed by atoms with Gasteiger partial charge in [-0.25, -0.2) is 0 Å². The molecule has 2 fully saturated rings. The van der Waals surface area contributed by atoms with Crippen LogP contribution in [0, 0.1) is 0 Å². The van der Waals surface area contributed by atoms with Crippen LogP contribution in [0.5, 0.6) is 5.75 Å². The Morgan fingerprint density at radius 2 is 1.58 bits per heavy atom. The Balaban J connectivity index is 1.53. The third-order valence-corrected chi connectivity index (χ3v) is 8.46. The number of hydrogen-bond acceptors (Lipinski definition) is 2. The van der Waals surface area contributed by atoms with Crippen molar-refractivity contribution in [3.63, 3.8) is 0 Å². The highest BCUT2D eigenvalue weighted by Gasteiger charge is 2.44. The average molecular weight is 476 g/mol. The number of ketones is 1. The number of hydrogen-bond donors (Lipinski definition) is 1. The van der Waals surface area contributed by atoms with E-state index in [-0.39, 0.29) is 11.7 Å². The summed E-state index contributed by atoms with van der Waals surface area (Å²) in [6, 6.07) is 26.7. The van der Waals surface area contributed by atoms with Gasteiger partial charge >= 0.3 is 0 Å². The summed E-state index contributed by atoms with van der Waals surface area (Å²) in [6.45, 7) is 0.371. The topological polar surface area (TPSA) is 47.0 Å². The molecule has 6 rings (SSSR count). The Kier molecular flexibility index (Phi) is 6.31. The number of aromatic amines is 1. The smallest absolute Gasteiger partial charge is 0.266 e. The van der Waals surface area contributed by atoms with E-state index in [0.29, 0.717) is 24.0 Å². The zero-order valence-corrected chi connectivity index (χ0v) is 20.9. The number of carbonyl (C=O) groups excluding carboxylic acids is 1. The van der Waals surface area contributed by atoms with Crippen LogP contribution in [0.25, 0.3) is 0 Å². The van der Waals surface area contributed by atoms with Gasteiger partial charge in [-0.05, 0) is 65.7 Å². The predicted molar refractivity (Wildman–Crippen MR) is 145 cm³/mol. The summed E-state index contributed by atoms with van der Waals surface area (Å²) in [5.74, 6) is 2.16. The molecular formula is C31H33BN2O2. The van der Waals surface area contributed by atoms with Crippen LogP contribution in [-0.2, 0) is 0 Å². The predicted octanol–water partition coefficient (Wildman–Crippen LogP) is 7.18. The zero-order chi connectivity index (χ0) is 24.5. The van der Waals surface area contributed by atoms with Crippen molar-refractivity contribution in [2.24, 2.45) is 0 Å². The van der Waals surface area contributed by atoms with Gasteiger partial charge in [-0.1, -0.05) is 68.9 Å². The van der Waals surface area contributed by atoms with E-state index in [1.54, 1.807) is 7.11 Å². The van der Waals surface area contributed by atoms with Crippen LogP contribution in [0.4, 0.5) is 0 Å². The van der Waals surface area contributed by atoms with Crippen molar-refractivity contribution < 1.29 is 9.53 Å². The van der Waals surface area contributed by atoms with Gasteiger partial charge < -0.3 is 14.2 Å². The van der Waals surface area contributed by atoms with Crippen molar-refractivity contribution in [2.45, 2.75) is 56.1 Å². The molecule has 2 aliphatic rings. The lowest BCUT2D eigenvalue weighted by Crippen LogP contribution is -2.43. The number of aromatic nitrogens is 2. The molecule has 2 aromatic carbocycles. The molecule has 0 radical (unpaired) electrons. The van der Waals surface area contributed by atoms with Gasteiger partial charge in [-0.3, -0.25) is 4.79 Å². The number of methoxy groups -OCH3 is 1. The first-order valence-electron chi connectivity index (χ1n) is 13.3. The maximum Gasteiger partial charge on any atom is 0.266 e. The molecule has 0 aliphatic carbocycles. The number of nitrogens with zero attached hydrogens (tertiary/aromatic N) is 1. The van der Waals surface area contributed by atoms with E-state index in [0.717, 1.165) is 17.1 Å². The van der Waals surface area contributed by atoms with Crippen LogP contribution in [0.1, 0.15) is 77.4 Å². The largest absolute Gasteiger partial charge is 0.497 e. The van der Waals surface area contributed by atoms with E-state index in [4.69, 9.17) is 4.74 Å². The highest BCUT2D eigenvalue weighted by atomic mass is 16.5. The van der Waals surface area contributed by atoms with Gasteiger partial charge in [0.15, 0.2) is 0 Å². The Morgan fingerprint density at radius 3 is 2.19 bits per heavy atom. The quantitative estimate of drug-likeness (QED) is 0.227. The minimum Gasteiger partial charge on any atom is -0.497 e. The molecule has 0 saturated carbocycles. The van der Waals surface area contributed by atoms with Crippen molar-refractivity contribution in [3.05, 3.63) is 113 Å². The molecule has 2 saturated heterocycles. The number of ether oxygens (including phenoxy) is 1. The first-order chi connectivity index (χ1) is 17.7. The molecule has 4 aromatic rings. The van der Waals surface area contributed by atoms with Crippen LogP contribution in [-0.4, -0.2) is 29.2 Å². The van der Waals surface area contributed by atoms with Gasteiger partial charge in [-0.2, -0.15) is 0 Å². The number of fused-ring (bicyclic) bond motifs is 2. The maximum absolute atomic E-state index is 14.0. The molecular weight excluding hydrogens is 443 g/mol. The molecule has 4 heterocycles. The lowest BCUT2D eigenvalue weighted by Gasteiger charge is -2.42. The fourth-order valence-corrected chi connectivity index (χ4v) is 6.85. The van der Waals surface area contributed by atoms with E-state index in [9.17, 15) is 4.79 Å². The normalized spacial score (nSPS) is 20.2. The van der Waals surface area contributed by atoms with Crippen molar-refractivity contribution in [1.29, 1.82) is 0 Å². The average Bonchev–Trinajstić information content (AvgIpc) is 3.60. The molecule has 0 spiro atoms. The first kappa shape index (κ1) is 23.0. The summed E-state index contributed by atoms with van der Waals surface area (Å²) in [5, 5.41) is 0. The lowest BCUT2D eigenvalue weighted by atomic mass is 9.34. The second-order valence-electron chi connectivity index (χ2n) is 10.4. The zero-order valence-electron chi connectivity index (χ0n) is 20.9. The standard InChI is InChI=1S/C31H33BN2O2/c1-36-26-17-15-23(16-18-26)31(35)29-20-19-28(34(29)32-24-10-5-11-25(32)13-6-12-24)30(27-14-7-21-33-27)22-8-3-2-4-9-22/h2-4,7-9,14-21,24-25,30,33H,5-6,10-13H2,1H3. The molecule has 2 aliphatic heterocycles. The van der Waals surface area contributed by atoms with Crippen LogP contribution < -0.4 is 4.74 Å². The molecule has 5 heteroatoms. The van der Waals surface area contributed by atoms with Crippen LogP contribution in [0.3, 0.4) is 0 Å². The fraction of sp³-hybridized carbons (Fsp3) is 0.323. The molecule has 36 heavy (non-hydrogen) atoms. The molecule has 4 nitrogen and oxygen atoms in total. The number of carbonyl (C=O) groups is 1. The Bertz CT molecular complexity index is 1290. The van der Waals surface area contributed by atoms with Crippen molar-refractivity contribution in [3.8, 4) is 5.75 Å². The van der Waals surface area contributed by atoms with E-state index in [2.05, 4.69) is 64.1 Å². The molecule has 1 N–H and O–H groups in total. The lowest BCUT2D eigenvalue weighted by molar-refractivity contribution is 0.103. The van der Waals surface area contributed by atoms with Gasteiger partial charge in [0.25, 0.3) is 6.85 Å². The number of benzene rings is 2. The minimum atomic E-state index is 0.0428. The Labute approximate surface area is 213 Å². The minimum absolute atomic E-state index is 0.0428. The SMILES string of the molecule is COc1ccc(C(=O)c2ccc(C(c3ccccc3)c3ccc[nH]3)n2B2C3CCCC2CCC3)cc1. The summed E-state index contributed by atoms with van der Waals surface area (Å²) in [7, 11) is 1.65.